The van der Waals surface area contributed by atoms with Gasteiger partial charge >= 0.3 is 85.0 Å². The zero-order valence-electron chi connectivity index (χ0n) is 15.8. The van der Waals surface area contributed by atoms with Gasteiger partial charge in [-0.3, -0.25) is 0 Å². The molecule has 1 aliphatic carbocycles. The maximum atomic E-state index is 2.35. The number of allylic oxidation sites excluding steroid dienone is 4. The van der Waals surface area contributed by atoms with Gasteiger partial charge in [0.2, 0.25) is 0 Å². The standard InChI is InChI=1S/C14H14.C9H14Si.Zr/c1-3-7-13(8-4-1)11-12-14-9-5-2-6-10-14;1-5-6(2)8(4)9(10)7(5)3;/h1-10H,11-12H2;7,10H,1-4H3;. The van der Waals surface area contributed by atoms with Gasteiger partial charge in [0.1, 0.15) is 0 Å². The van der Waals surface area contributed by atoms with Crippen LogP contribution in [0.2, 0.25) is 0 Å². The van der Waals surface area contributed by atoms with E-state index in [0.29, 0.717) is 6.16 Å². The molecule has 0 aromatic heterocycles. The van der Waals surface area contributed by atoms with Gasteiger partial charge in [-0.1, -0.05) is 60.7 Å². The summed E-state index contributed by atoms with van der Waals surface area (Å²) in [7, 11) is 0. The molecule has 0 radical (unpaired) electrons. The fourth-order valence-corrected chi connectivity index (χ4v) is 7.58. The van der Waals surface area contributed by atoms with Crippen molar-refractivity contribution < 1.29 is 23.3 Å². The molecule has 2 aromatic carbocycles. The van der Waals surface area contributed by atoms with Crippen molar-refractivity contribution in [2.75, 3.05) is 0 Å². The predicted molar refractivity (Wildman–Crippen MR) is 108 cm³/mol. The van der Waals surface area contributed by atoms with Crippen molar-refractivity contribution in [2.24, 2.45) is 5.92 Å². The Balaban J connectivity index is 0.000000186. The van der Waals surface area contributed by atoms with E-state index in [1.165, 1.54) is 11.1 Å². The Morgan fingerprint density at radius 1 is 0.760 bits per heavy atom. The van der Waals surface area contributed by atoms with Crippen molar-refractivity contribution in [1.82, 2.24) is 0 Å². The molecular weight excluding hydrogens is 396 g/mol. The third kappa shape index (κ3) is 5.76. The first-order chi connectivity index (χ1) is 12.0. The van der Waals surface area contributed by atoms with Crippen LogP contribution in [0.4, 0.5) is 0 Å². The molecule has 3 rings (SSSR count). The van der Waals surface area contributed by atoms with Crippen molar-refractivity contribution in [1.29, 1.82) is 0 Å². The molecule has 0 saturated carbocycles. The van der Waals surface area contributed by atoms with Gasteiger partial charge in [-0.2, -0.15) is 0 Å². The van der Waals surface area contributed by atoms with E-state index in [-0.39, 0.29) is 0 Å². The Hall–Kier alpha value is -0.980. The molecule has 0 nitrogen and oxygen atoms in total. The summed E-state index contributed by atoms with van der Waals surface area (Å²) in [5, 5.41) is 1.76. The van der Waals surface area contributed by atoms with Crippen LogP contribution in [0.15, 0.2) is 82.6 Å². The van der Waals surface area contributed by atoms with Crippen LogP contribution in [0.1, 0.15) is 38.8 Å². The van der Waals surface area contributed by atoms with Crippen LogP contribution in [0.3, 0.4) is 0 Å². The second-order valence-corrected chi connectivity index (χ2v) is 9.76. The third-order valence-electron chi connectivity index (χ3n) is 5.25. The second-order valence-electron chi connectivity index (χ2n) is 6.73. The largest absolute Gasteiger partial charge is 0.0622 e. The van der Waals surface area contributed by atoms with E-state index >= 15 is 0 Å². The molecule has 1 unspecified atom stereocenters. The topological polar surface area (TPSA) is 0 Å². The van der Waals surface area contributed by atoms with Crippen LogP contribution in [0, 0.1) is 5.92 Å². The van der Waals surface area contributed by atoms with Gasteiger partial charge in [-0.05, 0) is 24.0 Å². The van der Waals surface area contributed by atoms with Gasteiger partial charge in [0.25, 0.3) is 0 Å². The second kappa shape index (κ2) is 10.2. The average Bonchev–Trinajstić information content (AvgIpc) is 2.85. The first kappa shape index (κ1) is 20.3. The van der Waals surface area contributed by atoms with Gasteiger partial charge < -0.3 is 0 Å². The molecule has 1 atom stereocenters. The van der Waals surface area contributed by atoms with E-state index in [0.717, 1.165) is 18.8 Å². The van der Waals surface area contributed by atoms with Crippen molar-refractivity contribution in [3.63, 3.8) is 0 Å². The van der Waals surface area contributed by atoms with Crippen LogP contribution in [-0.4, -0.2) is 6.16 Å². The van der Waals surface area contributed by atoms with Crippen LogP contribution in [0.5, 0.6) is 0 Å². The zero-order chi connectivity index (χ0) is 18.2. The molecule has 0 saturated heterocycles. The quantitative estimate of drug-likeness (QED) is 0.560. The minimum absolute atomic E-state index is 0.616. The van der Waals surface area contributed by atoms with E-state index < -0.39 is 0 Å². The Kier molecular flexibility index (Phi) is 8.33. The number of benzene rings is 2. The maximum Gasteiger partial charge on any atom is -0.0238 e. The van der Waals surface area contributed by atoms with E-state index in [1.54, 1.807) is 45.3 Å². The van der Waals surface area contributed by atoms with Gasteiger partial charge in [0.05, 0.1) is 0 Å². The summed E-state index contributed by atoms with van der Waals surface area (Å²) in [6.07, 6.45) is 2.88. The summed E-state index contributed by atoms with van der Waals surface area (Å²) < 4.78 is 0. The smallest absolute Gasteiger partial charge is 0.0238 e. The first-order valence-corrected chi connectivity index (χ1v) is 14.4. The number of aryl methyl sites for hydroxylation is 2. The molecule has 2 heteroatoms. The molecule has 0 spiro atoms. The molecule has 25 heavy (non-hydrogen) atoms. The van der Waals surface area contributed by atoms with Crippen molar-refractivity contribution in [2.45, 2.75) is 40.5 Å². The molecule has 0 aliphatic heterocycles. The van der Waals surface area contributed by atoms with E-state index in [1.807, 2.05) is 0 Å². The maximum absolute atomic E-state index is 2.35. The Morgan fingerprint density at radius 3 is 1.48 bits per heavy atom. The minimum atomic E-state index is 0.616. The molecule has 0 fully saturated rings. The summed E-state index contributed by atoms with van der Waals surface area (Å²) in [5.74, 6) is 0.768. The SMILES string of the molecule is CC1=C(C)C(C)C([SiH]=[Zr])=C1C.c1ccc(CCc2ccccc2)cc1. The fourth-order valence-electron chi connectivity index (χ4n) is 3.21. The zero-order valence-corrected chi connectivity index (χ0v) is 19.5. The predicted octanol–water partition coefficient (Wildman–Crippen LogP) is 5.62. The number of hydrogen-bond acceptors (Lipinski definition) is 0. The van der Waals surface area contributed by atoms with E-state index in [2.05, 4.69) is 88.4 Å². The summed E-state index contributed by atoms with van der Waals surface area (Å²) in [6, 6.07) is 21.2. The molecule has 0 amide bonds. The van der Waals surface area contributed by atoms with Crippen LogP contribution < -0.4 is 0 Å². The van der Waals surface area contributed by atoms with Crippen LogP contribution in [0.25, 0.3) is 0 Å². The summed E-state index contributed by atoms with van der Waals surface area (Å²) in [4.78, 5) is 0. The molecular formula is C23H28SiZr. The molecule has 0 heterocycles. The van der Waals surface area contributed by atoms with Gasteiger partial charge in [0, 0.05) is 0 Å². The average molecular weight is 424 g/mol. The fraction of sp³-hybridized carbons (Fsp3) is 0.304. The van der Waals surface area contributed by atoms with Crippen molar-refractivity contribution in [3.8, 4) is 0 Å². The molecule has 2 aromatic rings. The van der Waals surface area contributed by atoms with Crippen molar-refractivity contribution >= 4 is 6.16 Å². The Labute approximate surface area is 169 Å². The monoisotopic (exact) mass is 422 g/mol. The summed E-state index contributed by atoms with van der Waals surface area (Å²) in [6.45, 7) is 9.18. The third-order valence-corrected chi connectivity index (χ3v) is 8.78. The number of rotatable bonds is 4. The molecule has 0 N–H and O–H groups in total. The molecule has 0 bridgehead atoms. The van der Waals surface area contributed by atoms with Gasteiger partial charge in [-0.25, -0.2) is 0 Å². The van der Waals surface area contributed by atoms with Crippen molar-refractivity contribution in [3.05, 3.63) is 93.7 Å². The Morgan fingerprint density at radius 2 is 1.20 bits per heavy atom. The number of hydrogen-bond donors (Lipinski definition) is 0. The van der Waals surface area contributed by atoms with Crippen LogP contribution in [-0.2, 0) is 36.2 Å². The van der Waals surface area contributed by atoms with Gasteiger partial charge in [-0.15, -0.1) is 0 Å². The van der Waals surface area contributed by atoms with E-state index in [4.69, 9.17) is 0 Å². The summed E-state index contributed by atoms with van der Waals surface area (Å²) in [5.41, 5.74) is 7.59. The van der Waals surface area contributed by atoms with Gasteiger partial charge in [0.15, 0.2) is 0 Å². The molecule has 128 valence electrons. The Bertz CT molecular complexity index is 718. The normalized spacial score (nSPS) is 16.5. The van der Waals surface area contributed by atoms with E-state index in [9.17, 15) is 0 Å². The molecule has 1 aliphatic rings. The minimum Gasteiger partial charge on any atom is -0.0622 e. The van der Waals surface area contributed by atoms with Crippen LogP contribution >= 0.6 is 0 Å². The summed E-state index contributed by atoms with van der Waals surface area (Å²) >= 11 is 1.72. The first-order valence-electron chi connectivity index (χ1n) is 9.01.